The highest BCUT2D eigenvalue weighted by molar-refractivity contribution is 5.99. The van der Waals surface area contributed by atoms with E-state index in [1.165, 1.54) is 13.0 Å². The molecule has 1 aliphatic heterocycles. The minimum Gasteiger partial charge on any atom is -0.381 e. The average Bonchev–Trinajstić information content (AvgIpc) is 3.11. The second-order valence-electron chi connectivity index (χ2n) is 8.83. The van der Waals surface area contributed by atoms with Crippen molar-refractivity contribution in [3.05, 3.63) is 69.1 Å². The number of carbonyl (C=O) groups excluding carboxylic acids is 1. The lowest BCUT2D eigenvalue weighted by molar-refractivity contribution is -0.139. The third-order valence-electron chi connectivity index (χ3n) is 5.86. The number of rotatable bonds is 7. The molecule has 0 radical (unpaired) electrons. The number of halogens is 8. The van der Waals surface area contributed by atoms with Crippen LogP contribution in [-0.4, -0.2) is 49.7 Å². The van der Waals surface area contributed by atoms with Crippen LogP contribution in [0.2, 0.25) is 0 Å². The van der Waals surface area contributed by atoms with Gasteiger partial charge in [0, 0.05) is 37.0 Å². The van der Waals surface area contributed by atoms with E-state index in [0.29, 0.717) is 12.4 Å². The van der Waals surface area contributed by atoms with E-state index in [1.54, 1.807) is 5.10 Å². The highest BCUT2D eigenvalue weighted by Gasteiger charge is 2.38. The van der Waals surface area contributed by atoms with E-state index in [4.69, 9.17) is 0 Å². The number of hydrogen-bond acceptors (Lipinski definition) is 6. The van der Waals surface area contributed by atoms with Gasteiger partial charge in [0.15, 0.2) is 5.82 Å². The summed E-state index contributed by atoms with van der Waals surface area (Å²) in [6.45, 7) is 0.744. The molecular formula is C23H18F8N6O2. The zero-order valence-corrected chi connectivity index (χ0v) is 19.8. The topological polar surface area (TPSA) is 104 Å². The molecule has 0 spiro atoms. The van der Waals surface area contributed by atoms with E-state index < -0.39 is 65.2 Å². The summed E-state index contributed by atoms with van der Waals surface area (Å²) < 4.78 is 107. The van der Waals surface area contributed by atoms with Crippen LogP contribution in [0.5, 0.6) is 0 Å². The Morgan fingerprint density at radius 3 is 2.31 bits per heavy atom. The fourth-order valence-corrected chi connectivity index (χ4v) is 4.14. The smallest absolute Gasteiger partial charge is 0.381 e. The molecular weight excluding hydrogens is 544 g/mol. The van der Waals surface area contributed by atoms with E-state index in [2.05, 4.69) is 20.4 Å². The average molecular weight is 562 g/mol. The molecule has 0 aliphatic carbocycles. The molecule has 8 nitrogen and oxygen atoms in total. The molecule has 16 heteroatoms. The van der Waals surface area contributed by atoms with Gasteiger partial charge >= 0.3 is 12.4 Å². The summed E-state index contributed by atoms with van der Waals surface area (Å²) in [7, 11) is 0. The van der Waals surface area contributed by atoms with Crippen LogP contribution >= 0.6 is 0 Å². The van der Waals surface area contributed by atoms with Gasteiger partial charge in [0.1, 0.15) is 17.6 Å². The number of anilines is 1. The largest absolute Gasteiger partial charge is 0.423 e. The van der Waals surface area contributed by atoms with Gasteiger partial charge in [-0.15, -0.1) is 0 Å². The Bertz CT molecular complexity index is 1440. The number of H-pyrrole nitrogens is 1. The lowest BCUT2D eigenvalue weighted by Gasteiger charge is -2.23. The van der Waals surface area contributed by atoms with Crippen molar-refractivity contribution in [3.63, 3.8) is 0 Å². The molecule has 3 aromatic rings. The quantitative estimate of drug-likeness (QED) is 0.409. The SMILES string of the molecule is C[C@H](C[C@H](F)CN1Cc2cc(-c3ncc(C(F)(F)F)cn3)c(F)cc2C1=O)Nc1cn[nH]c(=O)c1C(F)(F)F. The number of hydrogen-bond donors (Lipinski definition) is 2. The Balaban J connectivity index is 1.43. The van der Waals surface area contributed by atoms with E-state index in [9.17, 15) is 44.7 Å². The molecule has 0 unspecified atom stereocenters. The summed E-state index contributed by atoms with van der Waals surface area (Å²) in [6, 6.07) is 1.15. The standard InChI is InChI=1S/C23H18F8N6O2/c1-10(35-17-7-34-36-20(38)18(17)23(29,30)31)2-13(24)9-37-8-11-3-15(16(25)4-14(11)21(37)39)19-32-5-12(6-33-19)22(26,27)28/h3-7,10,13H,2,8-9H2,1H3,(H2,35,36,38)/t10-,13+/m1/s1. The molecule has 0 fully saturated rings. The van der Waals surface area contributed by atoms with Crippen molar-refractivity contribution < 1.29 is 39.9 Å². The molecule has 2 N–H and O–H groups in total. The lowest BCUT2D eigenvalue weighted by atomic mass is 10.0. The highest BCUT2D eigenvalue weighted by atomic mass is 19.4. The van der Waals surface area contributed by atoms with Gasteiger partial charge in [0.25, 0.3) is 11.5 Å². The maximum absolute atomic E-state index is 14.9. The monoisotopic (exact) mass is 562 g/mol. The fraction of sp³-hybridized carbons (Fsp3) is 0.348. The molecule has 39 heavy (non-hydrogen) atoms. The Morgan fingerprint density at radius 2 is 1.69 bits per heavy atom. The Morgan fingerprint density at radius 1 is 1.03 bits per heavy atom. The van der Waals surface area contributed by atoms with Crippen LogP contribution < -0.4 is 10.9 Å². The second-order valence-corrected chi connectivity index (χ2v) is 8.83. The molecule has 1 amide bonds. The van der Waals surface area contributed by atoms with Crippen LogP contribution in [0, 0.1) is 5.82 Å². The Labute approximate surface area is 214 Å². The van der Waals surface area contributed by atoms with Crippen LogP contribution in [0.4, 0.5) is 40.8 Å². The third kappa shape index (κ3) is 5.98. The minimum atomic E-state index is -4.99. The second kappa shape index (κ2) is 10.2. The van der Waals surface area contributed by atoms with Crippen molar-refractivity contribution in [1.82, 2.24) is 25.1 Å². The Hall–Kier alpha value is -4.11. The number of aromatic nitrogens is 4. The fourth-order valence-electron chi connectivity index (χ4n) is 4.14. The first-order chi connectivity index (χ1) is 18.1. The Kier molecular flexibility index (Phi) is 7.32. The summed E-state index contributed by atoms with van der Waals surface area (Å²) in [5.74, 6) is -2.01. The van der Waals surface area contributed by atoms with Gasteiger partial charge in [0.2, 0.25) is 0 Å². The molecule has 4 rings (SSSR count). The van der Waals surface area contributed by atoms with E-state index in [0.717, 1.165) is 17.2 Å². The minimum absolute atomic E-state index is 0.0778. The van der Waals surface area contributed by atoms with Crippen LogP contribution in [0.1, 0.15) is 40.4 Å². The predicted octanol–water partition coefficient (Wildman–Crippen LogP) is 4.59. The number of aromatic amines is 1. The maximum Gasteiger partial charge on any atom is 0.423 e. The molecule has 0 saturated heterocycles. The van der Waals surface area contributed by atoms with E-state index in [1.807, 2.05) is 0 Å². The molecule has 1 aliphatic rings. The van der Waals surface area contributed by atoms with Gasteiger partial charge in [-0.05, 0) is 24.6 Å². The van der Waals surface area contributed by atoms with Gasteiger partial charge < -0.3 is 10.2 Å². The van der Waals surface area contributed by atoms with Gasteiger partial charge in [-0.1, -0.05) is 0 Å². The molecule has 1 aromatic carbocycles. The zero-order valence-electron chi connectivity index (χ0n) is 19.8. The molecule has 2 atom stereocenters. The number of benzene rings is 1. The number of nitrogens with one attached hydrogen (secondary N) is 2. The van der Waals surface area contributed by atoms with Crippen molar-refractivity contribution in [2.45, 2.75) is 44.5 Å². The van der Waals surface area contributed by atoms with Crippen molar-refractivity contribution in [2.24, 2.45) is 0 Å². The summed E-state index contributed by atoms with van der Waals surface area (Å²) >= 11 is 0. The van der Waals surface area contributed by atoms with Gasteiger partial charge in [-0.3, -0.25) is 9.59 Å². The molecule has 3 heterocycles. The van der Waals surface area contributed by atoms with Gasteiger partial charge in [0.05, 0.1) is 29.6 Å². The van der Waals surface area contributed by atoms with Gasteiger partial charge in [-0.2, -0.15) is 31.4 Å². The summed E-state index contributed by atoms with van der Waals surface area (Å²) in [6.07, 6.45) is -10.0. The molecule has 0 saturated carbocycles. The summed E-state index contributed by atoms with van der Waals surface area (Å²) in [5.41, 5.74) is -4.81. The molecule has 2 aromatic heterocycles. The van der Waals surface area contributed by atoms with Crippen LogP contribution in [0.3, 0.4) is 0 Å². The van der Waals surface area contributed by atoms with Crippen LogP contribution in [0.15, 0.2) is 35.5 Å². The van der Waals surface area contributed by atoms with Crippen molar-refractivity contribution in [1.29, 1.82) is 0 Å². The zero-order chi connectivity index (χ0) is 28.7. The number of alkyl halides is 7. The highest BCUT2D eigenvalue weighted by Crippen LogP contribution is 2.33. The van der Waals surface area contributed by atoms with Crippen molar-refractivity contribution in [3.8, 4) is 11.4 Å². The third-order valence-corrected chi connectivity index (χ3v) is 5.86. The van der Waals surface area contributed by atoms with E-state index >= 15 is 0 Å². The number of carbonyl (C=O) groups is 1. The number of nitrogens with zero attached hydrogens (tertiary/aromatic N) is 4. The summed E-state index contributed by atoms with van der Waals surface area (Å²) in [4.78, 5) is 32.4. The van der Waals surface area contributed by atoms with Crippen LogP contribution in [-0.2, 0) is 18.9 Å². The lowest BCUT2D eigenvalue weighted by Crippen LogP contribution is -2.34. The molecule has 0 bridgehead atoms. The maximum atomic E-state index is 14.9. The first kappa shape index (κ1) is 27.9. The summed E-state index contributed by atoms with van der Waals surface area (Å²) in [5, 5.41) is 7.42. The normalized spacial score (nSPS) is 15.3. The van der Waals surface area contributed by atoms with Gasteiger partial charge in [-0.25, -0.2) is 23.8 Å². The van der Waals surface area contributed by atoms with Crippen LogP contribution in [0.25, 0.3) is 11.4 Å². The first-order valence-corrected chi connectivity index (χ1v) is 11.2. The first-order valence-electron chi connectivity index (χ1n) is 11.2. The molecule has 208 valence electrons. The number of fused-ring (bicyclic) bond motifs is 1. The van der Waals surface area contributed by atoms with Crippen molar-refractivity contribution in [2.75, 3.05) is 11.9 Å². The number of amides is 1. The van der Waals surface area contributed by atoms with Crippen molar-refractivity contribution >= 4 is 11.6 Å². The van der Waals surface area contributed by atoms with E-state index in [-0.39, 0.29) is 35.5 Å². The predicted molar refractivity (Wildman–Crippen MR) is 120 cm³/mol.